The summed E-state index contributed by atoms with van der Waals surface area (Å²) in [5.74, 6) is 0.897. The second-order valence-corrected chi connectivity index (χ2v) is 8.31. The normalized spacial score (nSPS) is 24.7. The maximum absolute atomic E-state index is 13.0. The number of hydrogen-bond donors (Lipinski definition) is 0. The molecule has 1 saturated heterocycles. The van der Waals surface area contributed by atoms with Crippen LogP contribution in [0.4, 0.5) is 0 Å². The van der Waals surface area contributed by atoms with E-state index in [2.05, 4.69) is 0 Å². The van der Waals surface area contributed by atoms with Crippen molar-refractivity contribution in [2.24, 2.45) is 5.92 Å². The average Bonchev–Trinajstić information content (AvgIpc) is 3.17. The van der Waals surface area contributed by atoms with Crippen LogP contribution in [0, 0.1) is 5.92 Å². The number of sulfonamides is 1. The van der Waals surface area contributed by atoms with Crippen LogP contribution < -0.4 is 0 Å². The monoisotopic (exact) mass is 327 g/mol. The van der Waals surface area contributed by atoms with Crippen molar-refractivity contribution in [2.45, 2.75) is 55.3 Å². The molecule has 0 spiro atoms. The molecule has 0 amide bonds. The summed E-state index contributed by atoms with van der Waals surface area (Å²) in [4.78, 5) is 0.394. The molecule has 1 saturated carbocycles. The summed E-state index contributed by atoms with van der Waals surface area (Å²) in [5, 5.41) is 0. The van der Waals surface area contributed by atoms with E-state index >= 15 is 0 Å². The van der Waals surface area contributed by atoms with E-state index < -0.39 is 10.0 Å². The van der Waals surface area contributed by atoms with E-state index in [1.165, 1.54) is 25.7 Å². The van der Waals surface area contributed by atoms with Crippen molar-refractivity contribution in [2.75, 3.05) is 6.54 Å². The van der Waals surface area contributed by atoms with Gasteiger partial charge in [0.2, 0.25) is 10.0 Å². The minimum absolute atomic E-state index is 0.206. The van der Waals surface area contributed by atoms with Gasteiger partial charge >= 0.3 is 0 Å². The van der Waals surface area contributed by atoms with Gasteiger partial charge in [0, 0.05) is 18.5 Å². The predicted molar refractivity (Wildman–Crippen MR) is 84.9 cm³/mol. The maximum Gasteiger partial charge on any atom is 0.243 e. The zero-order chi connectivity index (χ0) is 14.9. The molecule has 0 bridgehead atoms. The molecule has 3 nitrogen and oxygen atoms in total. The van der Waals surface area contributed by atoms with Gasteiger partial charge in [0.05, 0.1) is 4.90 Å². The fraction of sp³-hybridized carbons (Fsp3) is 0.625. The number of nitrogens with zero attached hydrogens (tertiary/aromatic N) is 1. The lowest BCUT2D eigenvalue weighted by atomic mass is 9.97. The Morgan fingerprint density at radius 1 is 1.14 bits per heavy atom. The van der Waals surface area contributed by atoms with E-state index in [0.717, 1.165) is 18.4 Å². The van der Waals surface area contributed by atoms with Gasteiger partial charge in [0.15, 0.2) is 0 Å². The van der Waals surface area contributed by atoms with Crippen LogP contribution in [0.25, 0.3) is 0 Å². The molecule has 1 aliphatic heterocycles. The first-order valence-corrected chi connectivity index (χ1v) is 9.77. The van der Waals surface area contributed by atoms with Crippen molar-refractivity contribution in [3.8, 4) is 0 Å². The molecule has 1 heterocycles. The minimum Gasteiger partial charge on any atom is -0.207 e. The highest BCUT2D eigenvalue weighted by Gasteiger charge is 2.40. The fourth-order valence-corrected chi connectivity index (χ4v) is 5.79. The summed E-state index contributed by atoms with van der Waals surface area (Å²) in [5.41, 5.74) is 0.856. The van der Waals surface area contributed by atoms with Crippen molar-refractivity contribution in [1.82, 2.24) is 4.31 Å². The van der Waals surface area contributed by atoms with Gasteiger partial charge in [0.25, 0.3) is 0 Å². The van der Waals surface area contributed by atoms with Gasteiger partial charge in [0.1, 0.15) is 0 Å². The van der Waals surface area contributed by atoms with E-state index in [1.54, 1.807) is 22.5 Å². The van der Waals surface area contributed by atoms with Crippen molar-refractivity contribution >= 4 is 21.6 Å². The summed E-state index contributed by atoms with van der Waals surface area (Å²) in [7, 11) is -3.38. The maximum atomic E-state index is 13.0. The van der Waals surface area contributed by atoms with E-state index in [0.29, 0.717) is 23.2 Å². The molecular formula is C16H22ClNO2S. The molecule has 1 aromatic rings. The van der Waals surface area contributed by atoms with Crippen LogP contribution in [-0.4, -0.2) is 25.3 Å². The standard InChI is InChI=1S/C16H22ClNO2S/c17-12-13-5-3-8-15(11-13)21(19,20)18-10-4-9-16(18)14-6-1-2-7-14/h3,5,8,11,14,16H,1-2,4,6-7,9-10,12H2. The first-order chi connectivity index (χ1) is 10.1. The van der Waals surface area contributed by atoms with Gasteiger partial charge in [-0.25, -0.2) is 8.42 Å². The molecule has 3 rings (SSSR count). The summed E-state index contributed by atoms with van der Waals surface area (Å²) in [6, 6.07) is 7.26. The molecule has 1 aliphatic carbocycles. The summed E-state index contributed by atoms with van der Waals surface area (Å²) >= 11 is 5.83. The third-order valence-electron chi connectivity index (χ3n) is 4.85. The first-order valence-electron chi connectivity index (χ1n) is 7.79. The zero-order valence-corrected chi connectivity index (χ0v) is 13.7. The molecule has 0 radical (unpaired) electrons. The van der Waals surface area contributed by atoms with Gasteiger partial charge in [-0.15, -0.1) is 11.6 Å². The molecule has 5 heteroatoms. The molecular weight excluding hydrogens is 306 g/mol. The van der Waals surface area contributed by atoms with Gasteiger partial charge in [-0.1, -0.05) is 25.0 Å². The highest BCUT2D eigenvalue weighted by atomic mass is 35.5. The van der Waals surface area contributed by atoms with Crippen molar-refractivity contribution in [1.29, 1.82) is 0 Å². The van der Waals surface area contributed by atoms with Crippen LogP contribution in [0.2, 0.25) is 0 Å². The predicted octanol–water partition coefficient (Wildman–Crippen LogP) is 3.77. The number of hydrogen-bond acceptors (Lipinski definition) is 2. The van der Waals surface area contributed by atoms with Crippen LogP contribution in [0.5, 0.6) is 0 Å². The molecule has 116 valence electrons. The Labute approximate surface area is 132 Å². The third-order valence-corrected chi connectivity index (χ3v) is 7.08. The summed E-state index contributed by atoms with van der Waals surface area (Å²) in [6.07, 6.45) is 6.85. The third kappa shape index (κ3) is 2.99. The average molecular weight is 328 g/mol. The van der Waals surface area contributed by atoms with Crippen molar-refractivity contribution in [3.63, 3.8) is 0 Å². The van der Waals surface area contributed by atoms with Crippen LogP contribution in [0.1, 0.15) is 44.1 Å². The Morgan fingerprint density at radius 3 is 2.62 bits per heavy atom. The van der Waals surface area contributed by atoms with E-state index in [9.17, 15) is 8.42 Å². The minimum atomic E-state index is -3.38. The van der Waals surface area contributed by atoms with Crippen LogP contribution in [0.15, 0.2) is 29.2 Å². The quantitative estimate of drug-likeness (QED) is 0.789. The fourth-order valence-electron chi connectivity index (χ4n) is 3.80. The van der Waals surface area contributed by atoms with Gasteiger partial charge in [-0.05, 0) is 49.3 Å². The van der Waals surface area contributed by atoms with Crippen LogP contribution >= 0.6 is 11.6 Å². The second-order valence-electron chi connectivity index (χ2n) is 6.15. The Morgan fingerprint density at radius 2 is 1.90 bits per heavy atom. The van der Waals surface area contributed by atoms with Crippen LogP contribution in [0.3, 0.4) is 0 Å². The molecule has 1 aromatic carbocycles. The van der Waals surface area contributed by atoms with Crippen molar-refractivity contribution < 1.29 is 8.42 Å². The SMILES string of the molecule is O=S(=O)(c1cccc(CCl)c1)N1CCCC1C1CCCC1. The molecule has 2 aliphatic rings. The zero-order valence-electron chi connectivity index (χ0n) is 12.2. The number of alkyl halides is 1. The lowest BCUT2D eigenvalue weighted by Crippen LogP contribution is -2.39. The second kappa shape index (κ2) is 6.27. The number of halogens is 1. The molecule has 0 N–H and O–H groups in total. The largest absolute Gasteiger partial charge is 0.243 e. The lowest BCUT2D eigenvalue weighted by Gasteiger charge is -2.28. The smallest absolute Gasteiger partial charge is 0.207 e. The summed E-state index contributed by atoms with van der Waals surface area (Å²) in [6.45, 7) is 0.661. The topological polar surface area (TPSA) is 37.4 Å². The molecule has 0 aromatic heterocycles. The van der Waals surface area contributed by atoms with E-state index in [1.807, 2.05) is 6.07 Å². The number of benzene rings is 1. The Balaban J connectivity index is 1.89. The van der Waals surface area contributed by atoms with Gasteiger partial charge in [-0.3, -0.25) is 0 Å². The van der Waals surface area contributed by atoms with Gasteiger partial charge < -0.3 is 0 Å². The summed E-state index contributed by atoms with van der Waals surface area (Å²) < 4.78 is 27.7. The van der Waals surface area contributed by atoms with Crippen LogP contribution in [-0.2, 0) is 15.9 Å². The number of rotatable bonds is 4. The highest BCUT2D eigenvalue weighted by Crippen LogP contribution is 2.38. The van der Waals surface area contributed by atoms with E-state index in [-0.39, 0.29) is 6.04 Å². The lowest BCUT2D eigenvalue weighted by molar-refractivity contribution is 0.288. The molecule has 21 heavy (non-hydrogen) atoms. The molecule has 2 fully saturated rings. The Hall–Kier alpha value is -0.580. The molecule has 1 atom stereocenters. The highest BCUT2D eigenvalue weighted by molar-refractivity contribution is 7.89. The Kier molecular flexibility index (Phi) is 4.57. The molecule has 1 unspecified atom stereocenters. The van der Waals surface area contributed by atoms with Gasteiger partial charge in [-0.2, -0.15) is 4.31 Å². The Bertz CT molecular complexity index is 596. The van der Waals surface area contributed by atoms with E-state index in [4.69, 9.17) is 11.6 Å². The first kappa shape index (κ1) is 15.3. The van der Waals surface area contributed by atoms with Crippen molar-refractivity contribution in [3.05, 3.63) is 29.8 Å².